The largest absolute Gasteiger partial charge is 0.507 e. The van der Waals surface area contributed by atoms with E-state index in [-0.39, 0.29) is 33.3 Å². The minimum absolute atomic E-state index is 0.0256. The van der Waals surface area contributed by atoms with Gasteiger partial charge in [0.2, 0.25) is 0 Å². The highest BCUT2D eigenvalue weighted by atomic mass is 16.5. The molecule has 0 aliphatic rings. The molecule has 0 saturated carbocycles. The van der Waals surface area contributed by atoms with Crippen molar-refractivity contribution in [1.29, 1.82) is 5.26 Å². The van der Waals surface area contributed by atoms with Gasteiger partial charge in [0.25, 0.3) is 0 Å². The van der Waals surface area contributed by atoms with E-state index >= 15 is 0 Å². The number of aromatic hydroxyl groups is 1. The van der Waals surface area contributed by atoms with Crippen molar-refractivity contribution in [2.45, 2.75) is 221 Å². The SMILES string of the molecule is CCCCCCCCOc1c(C(C)(C)C)cc(C(O)(c2cc(C(C)(C)C)c(OCCCCCCCC)c(C(C)(C)C)c2)C(N=Cc2cc(C#N)ccc2O)C(C)C)cc1C(C)(C)C. The summed E-state index contributed by atoms with van der Waals surface area (Å²) in [5, 5.41) is 35.0. The van der Waals surface area contributed by atoms with E-state index in [1.165, 1.54) is 57.4 Å². The molecule has 6 nitrogen and oxygen atoms in total. The number of nitrogens with zero attached hydrogens (tertiary/aromatic N) is 2. The first-order valence-electron chi connectivity index (χ1n) is 24.4. The topological polar surface area (TPSA) is 95.1 Å². The van der Waals surface area contributed by atoms with Gasteiger partial charge in [-0.05, 0) is 94.0 Å². The lowest BCUT2D eigenvalue weighted by atomic mass is 9.69. The minimum Gasteiger partial charge on any atom is -0.507 e. The van der Waals surface area contributed by atoms with Gasteiger partial charge >= 0.3 is 0 Å². The van der Waals surface area contributed by atoms with Gasteiger partial charge in [0.15, 0.2) is 0 Å². The van der Waals surface area contributed by atoms with Crippen LogP contribution in [0.1, 0.15) is 232 Å². The van der Waals surface area contributed by atoms with E-state index in [0.717, 1.165) is 70.6 Å². The Morgan fingerprint density at radius 1 is 0.587 bits per heavy atom. The molecule has 0 radical (unpaired) electrons. The monoisotopic (exact) mass is 865 g/mol. The number of hydrogen-bond donors (Lipinski definition) is 2. The first kappa shape index (κ1) is 53.5. The zero-order valence-corrected chi connectivity index (χ0v) is 42.8. The molecule has 3 rings (SSSR count). The minimum atomic E-state index is -1.66. The van der Waals surface area contributed by atoms with Crippen LogP contribution in [-0.2, 0) is 27.3 Å². The third kappa shape index (κ3) is 14.6. The number of benzene rings is 3. The van der Waals surface area contributed by atoms with Crippen molar-refractivity contribution < 1.29 is 19.7 Å². The first-order chi connectivity index (χ1) is 29.3. The van der Waals surface area contributed by atoms with E-state index in [0.29, 0.717) is 24.3 Å². The van der Waals surface area contributed by atoms with Gasteiger partial charge in [-0.2, -0.15) is 5.26 Å². The second-order valence-electron chi connectivity index (χ2n) is 22.7. The van der Waals surface area contributed by atoms with Crippen LogP contribution in [0.3, 0.4) is 0 Å². The summed E-state index contributed by atoms with van der Waals surface area (Å²) in [6.45, 7) is 36.7. The fraction of sp³-hybridized carbons (Fsp3) is 0.649. The average molecular weight is 865 g/mol. The van der Waals surface area contributed by atoms with Gasteiger partial charge in [-0.25, -0.2) is 0 Å². The summed E-state index contributed by atoms with van der Waals surface area (Å²) in [5.41, 5.74) is 3.57. The van der Waals surface area contributed by atoms with Gasteiger partial charge in [0.05, 0.1) is 30.9 Å². The Hall–Kier alpha value is -3.82. The van der Waals surface area contributed by atoms with E-state index in [9.17, 15) is 15.5 Å². The molecule has 0 aliphatic carbocycles. The van der Waals surface area contributed by atoms with Crippen molar-refractivity contribution in [3.8, 4) is 23.3 Å². The number of ether oxygens (including phenoxy) is 2. The Kier molecular flexibility index (Phi) is 19.4. The van der Waals surface area contributed by atoms with Crippen LogP contribution in [-0.4, -0.2) is 35.7 Å². The lowest BCUT2D eigenvalue weighted by molar-refractivity contribution is 0.0359. The Morgan fingerprint density at radius 3 is 1.29 bits per heavy atom. The molecule has 0 bridgehead atoms. The molecule has 0 amide bonds. The summed E-state index contributed by atoms with van der Waals surface area (Å²) >= 11 is 0. The molecule has 0 aromatic heterocycles. The smallest absolute Gasteiger partial charge is 0.137 e. The van der Waals surface area contributed by atoms with E-state index in [2.05, 4.69) is 141 Å². The summed E-state index contributed by atoms with van der Waals surface area (Å²) in [4.78, 5) is 5.24. The maximum absolute atomic E-state index is 14.3. The van der Waals surface area contributed by atoms with Gasteiger partial charge in [0.1, 0.15) is 22.8 Å². The molecule has 0 saturated heterocycles. The Morgan fingerprint density at radius 2 is 0.952 bits per heavy atom. The van der Waals surface area contributed by atoms with Gasteiger partial charge in [-0.15, -0.1) is 0 Å². The number of nitriles is 1. The van der Waals surface area contributed by atoms with Crippen molar-refractivity contribution in [2.24, 2.45) is 10.9 Å². The van der Waals surface area contributed by atoms with Crippen LogP contribution in [0.15, 0.2) is 47.5 Å². The number of aliphatic imine (C=N–C) groups is 1. The molecular weight excluding hydrogens is 777 g/mol. The molecule has 0 spiro atoms. The number of hydrogen-bond acceptors (Lipinski definition) is 6. The summed E-state index contributed by atoms with van der Waals surface area (Å²) in [7, 11) is 0. The predicted molar refractivity (Wildman–Crippen MR) is 267 cm³/mol. The predicted octanol–water partition coefficient (Wildman–Crippen LogP) is 15.3. The number of aliphatic hydroxyl groups is 1. The van der Waals surface area contributed by atoms with E-state index in [4.69, 9.17) is 14.5 Å². The van der Waals surface area contributed by atoms with E-state index < -0.39 is 11.6 Å². The van der Waals surface area contributed by atoms with Gasteiger partial charge in [0, 0.05) is 34.0 Å². The zero-order valence-electron chi connectivity index (χ0n) is 42.8. The van der Waals surface area contributed by atoms with Crippen LogP contribution in [0.4, 0.5) is 0 Å². The second kappa shape index (κ2) is 22.9. The van der Waals surface area contributed by atoms with Crippen molar-refractivity contribution in [1.82, 2.24) is 0 Å². The van der Waals surface area contributed by atoms with Gasteiger partial charge in [-0.3, -0.25) is 4.99 Å². The average Bonchev–Trinajstić information content (AvgIpc) is 3.18. The molecule has 350 valence electrons. The molecular formula is C57H88N2O4. The first-order valence-corrected chi connectivity index (χ1v) is 24.4. The van der Waals surface area contributed by atoms with Crippen molar-refractivity contribution in [3.05, 3.63) is 87.0 Å². The fourth-order valence-corrected chi connectivity index (χ4v) is 8.51. The highest BCUT2D eigenvalue weighted by molar-refractivity contribution is 5.84. The van der Waals surface area contributed by atoms with Gasteiger partial charge in [-0.1, -0.05) is 175 Å². The molecule has 3 aromatic carbocycles. The van der Waals surface area contributed by atoms with Crippen LogP contribution >= 0.6 is 0 Å². The summed E-state index contributed by atoms with van der Waals surface area (Å²) in [6, 6.07) is 15.0. The van der Waals surface area contributed by atoms with E-state index in [1.807, 2.05) is 0 Å². The fourth-order valence-electron chi connectivity index (χ4n) is 8.51. The lowest BCUT2D eigenvalue weighted by Gasteiger charge is -2.41. The third-order valence-electron chi connectivity index (χ3n) is 12.4. The highest BCUT2D eigenvalue weighted by Crippen LogP contribution is 2.49. The zero-order chi connectivity index (χ0) is 47.4. The van der Waals surface area contributed by atoms with Crippen LogP contribution in [0.25, 0.3) is 0 Å². The normalized spacial score (nSPS) is 13.5. The molecule has 0 heterocycles. The van der Waals surface area contributed by atoms with Crippen molar-refractivity contribution >= 4 is 6.21 Å². The van der Waals surface area contributed by atoms with Crippen LogP contribution < -0.4 is 9.47 Å². The molecule has 1 atom stereocenters. The Labute approximate surface area is 385 Å². The third-order valence-corrected chi connectivity index (χ3v) is 12.4. The quantitative estimate of drug-likeness (QED) is 0.0775. The highest BCUT2D eigenvalue weighted by Gasteiger charge is 2.46. The number of phenolic OH excluding ortho intramolecular Hbond substituents is 1. The lowest BCUT2D eigenvalue weighted by Crippen LogP contribution is -2.44. The molecule has 0 fully saturated rings. The summed E-state index contributed by atoms with van der Waals surface area (Å²) < 4.78 is 13.8. The molecule has 1 unspecified atom stereocenters. The molecule has 2 N–H and O–H groups in total. The summed E-state index contributed by atoms with van der Waals surface area (Å²) in [5.74, 6) is 1.67. The van der Waals surface area contributed by atoms with Crippen molar-refractivity contribution in [2.75, 3.05) is 13.2 Å². The Bertz CT molecular complexity index is 1810. The van der Waals surface area contributed by atoms with Crippen molar-refractivity contribution in [3.63, 3.8) is 0 Å². The number of rotatable bonds is 22. The molecule has 0 aliphatic heterocycles. The maximum atomic E-state index is 14.3. The number of phenols is 1. The van der Waals surface area contributed by atoms with Gasteiger partial charge < -0.3 is 19.7 Å². The number of unbranched alkanes of at least 4 members (excludes halogenated alkanes) is 10. The Balaban J connectivity index is 2.49. The van der Waals surface area contributed by atoms with Crippen LogP contribution in [0.2, 0.25) is 0 Å². The van der Waals surface area contributed by atoms with Crippen LogP contribution in [0, 0.1) is 17.2 Å². The summed E-state index contributed by atoms with van der Waals surface area (Å²) in [6.07, 6.45) is 15.8. The standard InChI is InChI=1S/C57H88N2O4/c1-17-19-21-23-25-27-31-62-50-45(53(5,6)7)34-43(35-46(50)54(8,9)10)57(61,52(40(3)4)59-39-42-33-41(38-58)29-30-49(42)60)44-36-47(55(11,12)13)51(48(37-44)56(14,15)16)63-32-28-26-24-22-20-18-2/h29-30,33-37,39-40,52,60-61H,17-28,31-32H2,1-16H3. The maximum Gasteiger partial charge on any atom is 0.137 e. The molecule has 63 heavy (non-hydrogen) atoms. The molecule has 6 heteroatoms. The second-order valence-corrected chi connectivity index (χ2v) is 22.7. The van der Waals surface area contributed by atoms with E-state index in [1.54, 1.807) is 18.3 Å². The van der Waals surface area contributed by atoms with Crippen LogP contribution in [0.5, 0.6) is 17.2 Å². The molecule has 3 aromatic rings.